The second-order valence-corrected chi connectivity index (χ2v) is 13.4. The predicted molar refractivity (Wildman–Crippen MR) is 189 cm³/mol. The third-order valence-corrected chi connectivity index (χ3v) is 8.58. The summed E-state index contributed by atoms with van der Waals surface area (Å²) >= 11 is 0. The van der Waals surface area contributed by atoms with Crippen LogP contribution in [0.2, 0.25) is 0 Å². The number of rotatable bonds is 8. The number of aryl methyl sites for hydroxylation is 1. The standard InChI is InChI=1S/C19H17F3N4O2.C17H20N6O2/c1-9(19(2,3)28)25-18(27)15-8-24-14-7-23-6-11(17(14)26-15)10-4-12(20)16(22)13(21)5-10;1-10(17(2,3)25)21-16(24)13-9-19-12-8-18-7-11(15(12)22-13)14-5-6-20-23(14)4/h4-9,28H,1-3H3,(H,25,27);5-10,25H,1-4H3,(H,21,24). The number of benzene rings is 1. The molecule has 6 aromatic rings. The molecule has 0 fully saturated rings. The van der Waals surface area contributed by atoms with Crippen molar-refractivity contribution in [1.82, 2.24) is 50.3 Å². The van der Waals surface area contributed by atoms with Gasteiger partial charge < -0.3 is 20.8 Å². The van der Waals surface area contributed by atoms with Crippen LogP contribution >= 0.6 is 0 Å². The van der Waals surface area contributed by atoms with E-state index in [-0.39, 0.29) is 33.5 Å². The number of aromatic nitrogens is 8. The zero-order valence-electron chi connectivity index (χ0n) is 29.9. The SMILES string of the molecule is CC(NC(=O)c1cnc2cncc(-c3cc(F)c(F)c(F)c3)c2n1)C(C)(C)O.CC(NC(=O)c1cnc2cncc(-c3ccnn3C)c2n1)C(C)(C)O. The number of pyridine rings is 2. The summed E-state index contributed by atoms with van der Waals surface area (Å²) in [5.74, 6) is -5.26. The fourth-order valence-corrected chi connectivity index (χ4v) is 4.73. The van der Waals surface area contributed by atoms with Gasteiger partial charge in [-0.3, -0.25) is 34.2 Å². The van der Waals surface area contributed by atoms with Crippen LogP contribution in [0, 0.1) is 17.5 Å². The number of halogens is 3. The van der Waals surface area contributed by atoms with Crippen LogP contribution in [0.1, 0.15) is 62.5 Å². The minimum Gasteiger partial charge on any atom is -0.388 e. The molecule has 0 bridgehead atoms. The van der Waals surface area contributed by atoms with Gasteiger partial charge in [0.05, 0.1) is 53.8 Å². The Hall–Kier alpha value is -5.94. The van der Waals surface area contributed by atoms with E-state index in [9.17, 15) is 33.0 Å². The van der Waals surface area contributed by atoms with Crippen LogP contribution in [-0.4, -0.2) is 85.0 Å². The Morgan fingerprint density at radius 3 is 1.62 bits per heavy atom. The molecule has 0 aliphatic heterocycles. The summed E-state index contributed by atoms with van der Waals surface area (Å²) in [5, 5.41) is 29.5. The monoisotopic (exact) mass is 730 g/mol. The summed E-state index contributed by atoms with van der Waals surface area (Å²) in [4.78, 5) is 50.1. The molecular formula is C36H37F3N10O4. The first-order valence-corrected chi connectivity index (χ1v) is 16.3. The summed E-state index contributed by atoms with van der Waals surface area (Å²) in [6.45, 7) is 9.73. The average molecular weight is 731 g/mol. The lowest BCUT2D eigenvalue weighted by Crippen LogP contribution is -2.47. The van der Waals surface area contributed by atoms with Crippen molar-refractivity contribution in [2.24, 2.45) is 7.05 Å². The number of carbonyl (C=O) groups is 2. The number of hydrogen-bond acceptors (Lipinski definition) is 11. The molecule has 0 saturated heterocycles. The molecule has 5 aromatic heterocycles. The van der Waals surface area contributed by atoms with E-state index in [4.69, 9.17) is 0 Å². The highest BCUT2D eigenvalue weighted by molar-refractivity contribution is 5.97. The maximum absolute atomic E-state index is 13.6. The lowest BCUT2D eigenvalue weighted by atomic mass is 10.0. The molecule has 0 aliphatic rings. The largest absolute Gasteiger partial charge is 0.388 e. The zero-order valence-corrected chi connectivity index (χ0v) is 29.9. The van der Waals surface area contributed by atoms with Crippen LogP contribution < -0.4 is 10.6 Å². The highest BCUT2D eigenvalue weighted by Crippen LogP contribution is 2.29. The molecule has 17 heteroatoms. The summed E-state index contributed by atoms with van der Waals surface area (Å²) in [6, 6.07) is 2.47. The minimum absolute atomic E-state index is 0.00576. The van der Waals surface area contributed by atoms with Crippen molar-refractivity contribution in [1.29, 1.82) is 0 Å². The van der Waals surface area contributed by atoms with E-state index in [0.717, 1.165) is 23.4 Å². The minimum atomic E-state index is -1.58. The van der Waals surface area contributed by atoms with Gasteiger partial charge >= 0.3 is 0 Å². The first-order chi connectivity index (χ1) is 24.8. The highest BCUT2D eigenvalue weighted by Gasteiger charge is 2.26. The molecule has 5 heterocycles. The van der Waals surface area contributed by atoms with E-state index >= 15 is 0 Å². The van der Waals surface area contributed by atoms with E-state index in [2.05, 4.69) is 45.6 Å². The van der Waals surface area contributed by atoms with Gasteiger partial charge in [0.1, 0.15) is 33.5 Å². The van der Waals surface area contributed by atoms with Crippen LogP contribution in [0.5, 0.6) is 0 Å². The summed E-state index contributed by atoms with van der Waals surface area (Å²) in [6.07, 6.45) is 10.3. The molecule has 0 saturated carbocycles. The molecular weight excluding hydrogens is 693 g/mol. The third-order valence-electron chi connectivity index (χ3n) is 8.58. The second-order valence-electron chi connectivity index (χ2n) is 13.4. The Kier molecular flexibility index (Phi) is 10.8. The molecule has 0 radical (unpaired) electrons. The molecule has 4 N–H and O–H groups in total. The molecule has 276 valence electrons. The van der Waals surface area contributed by atoms with Crippen molar-refractivity contribution in [2.75, 3.05) is 0 Å². The number of carbonyl (C=O) groups excluding carboxylic acids is 2. The van der Waals surface area contributed by atoms with E-state index in [0.29, 0.717) is 11.0 Å². The van der Waals surface area contributed by atoms with Crippen LogP contribution in [0.4, 0.5) is 13.2 Å². The Balaban J connectivity index is 0.000000206. The lowest BCUT2D eigenvalue weighted by Gasteiger charge is -2.26. The van der Waals surface area contributed by atoms with Gasteiger partial charge in [-0.1, -0.05) is 0 Å². The van der Waals surface area contributed by atoms with Gasteiger partial charge in [-0.25, -0.2) is 23.1 Å². The number of nitrogens with one attached hydrogen (secondary N) is 2. The van der Waals surface area contributed by atoms with Crippen LogP contribution in [0.3, 0.4) is 0 Å². The lowest BCUT2D eigenvalue weighted by molar-refractivity contribution is 0.0407. The molecule has 0 spiro atoms. The number of nitrogens with zero attached hydrogens (tertiary/aromatic N) is 8. The van der Waals surface area contributed by atoms with E-state index in [1.54, 1.807) is 64.8 Å². The van der Waals surface area contributed by atoms with Gasteiger partial charge in [0, 0.05) is 36.8 Å². The van der Waals surface area contributed by atoms with Crippen LogP contribution in [-0.2, 0) is 7.05 Å². The molecule has 0 aliphatic carbocycles. The quantitative estimate of drug-likeness (QED) is 0.163. The molecule has 1 aromatic carbocycles. The Bertz CT molecular complexity index is 2300. The fourth-order valence-electron chi connectivity index (χ4n) is 4.73. The van der Waals surface area contributed by atoms with Crippen molar-refractivity contribution in [3.8, 4) is 22.4 Å². The Morgan fingerprint density at radius 1 is 0.736 bits per heavy atom. The molecule has 14 nitrogen and oxygen atoms in total. The highest BCUT2D eigenvalue weighted by atomic mass is 19.2. The van der Waals surface area contributed by atoms with Crippen molar-refractivity contribution in [3.05, 3.63) is 90.4 Å². The maximum Gasteiger partial charge on any atom is 0.271 e. The molecule has 2 unspecified atom stereocenters. The molecule has 6 rings (SSSR count). The van der Waals surface area contributed by atoms with Gasteiger partial charge in [0.25, 0.3) is 11.8 Å². The maximum atomic E-state index is 13.6. The van der Waals surface area contributed by atoms with Crippen molar-refractivity contribution in [2.45, 2.75) is 64.8 Å². The van der Waals surface area contributed by atoms with Gasteiger partial charge in [0.2, 0.25) is 0 Å². The molecule has 2 amide bonds. The third kappa shape index (κ3) is 8.58. The summed E-state index contributed by atoms with van der Waals surface area (Å²) in [7, 11) is 1.82. The Labute approximate surface area is 301 Å². The zero-order chi connectivity index (χ0) is 38.8. The van der Waals surface area contributed by atoms with E-state index in [1.165, 1.54) is 24.8 Å². The van der Waals surface area contributed by atoms with Gasteiger partial charge in [-0.2, -0.15) is 5.10 Å². The normalized spacial score (nSPS) is 12.9. The molecule has 2 atom stereocenters. The van der Waals surface area contributed by atoms with Gasteiger partial charge in [-0.15, -0.1) is 0 Å². The fraction of sp³-hybridized carbons (Fsp3) is 0.306. The van der Waals surface area contributed by atoms with Crippen LogP contribution in [0.15, 0.2) is 61.6 Å². The van der Waals surface area contributed by atoms with Crippen molar-refractivity contribution < 1.29 is 33.0 Å². The average Bonchev–Trinajstić information content (AvgIpc) is 3.54. The van der Waals surface area contributed by atoms with E-state index < -0.39 is 52.6 Å². The number of hydrogen-bond donors (Lipinski definition) is 4. The number of aliphatic hydroxyl groups is 2. The first kappa shape index (κ1) is 38.3. The van der Waals surface area contributed by atoms with Crippen molar-refractivity contribution in [3.63, 3.8) is 0 Å². The summed E-state index contributed by atoms with van der Waals surface area (Å²) < 4.78 is 42.2. The smallest absolute Gasteiger partial charge is 0.271 e. The molecule has 53 heavy (non-hydrogen) atoms. The van der Waals surface area contributed by atoms with Crippen LogP contribution in [0.25, 0.3) is 44.5 Å². The number of amides is 2. The summed E-state index contributed by atoms with van der Waals surface area (Å²) in [5.41, 5.74) is 1.32. The Morgan fingerprint density at radius 2 is 1.19 bits per heavy atom. The second kappa shape index (κ2) is 15.0. The van der Waals surface area contributed by atoms with Gasteiger partial charge in [-0.05, 0) is 65.3 Å². The first-order valence-electron chi connectivity index (χ1n) is 16.3. The van der Waals surface area contributed by atoms with Gasteiger partial charge in [0.15, 0.2) is 17.5 Å². The van der Waals surface area contributed by atoms with Crippen molar-refractivity contribution >= 4 is 33.9 Å². The topological polar surface area (TPSA) is 194 Å². The van der Waals surface area contributed by atoms with E-state index in [1.807, 2.05) is 13.1 Å². The predicted octanol–water partition coefficient (Wildman–Crippen LogP) is 4.31. The number of fused-ring (bicyclic) bond motifs is 2.